The summed E-state index contributed by atoms with van der Waals surface area (Å²) in [7, 11) is 3.29. The van der Waals surface area contributed by atoms with Gasteiger partial charge in [-0.15, -0.1) is 0 Å². The highest BCUT2D eigenvalue weighted by molar-refractivity contribution is 5.92. The van der Waals surface area contributed by atoms with Crippen molar-refractivity contribution in [1.29, 1.82) is 0 Å². The van der Waals surface area contributed by atoms with Gasteiger partial charge in [-0.1, -0.05) is 72.8 Å². The highest BCUT2D eigenvalue weighted by atomic mass is 16.5. The molecule has 6 heteroatoms. The lowest BCUT2D eigenvalue weighted by molar-refractivity contribution is -0.143. The predicted molar refractivity (Wildman–Crippen MR) is 156 cm³/mol. The third-order valence-corrected chi connectivity index (χ3v) is 6.96. The minimum absolute atomic E-state index is 0.280. The molecule has 0 aliphatic heterocycles. The van der Waals surface area contributed by atoms with Crippen molar-refractivity contribution in [3.8, 4) is 11.5 Å². The quantitative estimate of drug-likeness (QED) is 0.236. The average molecular weight is 538 g/mol. The van der Waals surface area contributed by atoms with Gasteiger partial charge in [0.2, 0.25) is 5.91 Å². The van der Waals surface area contributed by atoms with Gasteiger partial charge in [-0.2, -0.15) is 0 Å². The number of hydrogen-bond acceptors (Lipinski definition) is 4. The van der Waals surface area contributed by atoms with Crippen LogP contribution in [0.15, 0.2) is 97.1 Å². The smallest absolute Gasteiger partial charge is 0.312 e. The molecule has 0 fully saturated rings. The van der Waals surface area contributed by atoms with Crippen LogP contribution in [-0.4, -0.2) is 36.0 Å². The fourth-order valence-corrected chi connectivity index (χ4v) is 4.84. The van der Waals surface area contributed by atoms with Crippen LogP contribution < -0.4 is 9.47 Å². The molecule has 1 N–H and O–H groups in total. The van der Waals surface area contributed by atoms with Crippen molar-refractivity contribution in [3.63, 3.8) is 0 Å². The number of carboxylic acid groups (broad SMARTS) is 1. The molecule has 6 nitrogen and oxygen atoms in total. The van der Waals surface area contributed by atoms with Crippen LogP contribution in [0.1, 0.15) is 45.2 Å². The third-order valence-electron chi connectivity index (χ3n) is 6.96. The maximum atomic E-state index is 13.6. The molecule has 0 bridgehead atoms. The number of carbonyl (C=O) groups is 2. The van der Waals surface area contributed by atoms with E-state index in [1.807, 2.05) is 92.7 Å². The van der Waals surface area contributed by atoms with Gasteiger partial charge >= 0.3 is 5.97 Å². The van der Waals surface area contributed by atoms with Crippen LogP contribution in [0.2, 0.25) is 0 Å². The SMILES string of the molecule is Cc1cc(OCc2ccccc2)ccc1C(C(=O)O)C(C(=O)N(C)C)c1ccc(OCc2ccccc2)cc1C. The molecule has 4 aromatic rings. The summed E-state index contributed by atoms with van der Waals surface area (Å²) in [6.45, 7) is 4.55. The number of rotatable bonds is 11. The second-order valence-electron chi connectivity index (χ2n) is 10.1. The zero-order valence-electron chi connectivity index (χ0n) is 23.3. The minimum Gasteiger partial charge on any atom is -0.489 e. The lowest BCUT2D eigenvalue weighted by atomic mass is 9.77. The second kappa shape index (κ2) is 13.0. The third kappa shape index (κ3) is 6.89. The van der Waals surface area contributed by atoms with Gasteiger partial charge in [-0.3, -0.25) is 9.59 Å². The summed E-state index contributed by atoms with van der Waals surface area (Å²) in [5.74, 6) is -2.06. The van der Waals surface area contributed by atoms with Crippen LogP contribution in [0.25, 0.3) is 0 Å². The monoisotopic (exact) mass is 537 g/mol. The van der Waals surface area contributed by atoms with Gasteiger partial charge < -0.3 is 19.5 Å². The zero-order chi connectivity index (χ0) is 28.6. The molecule has 4 aromatic carbocycles. The molecule has 0 saturated carbocycles. The summed E-state index contributed by atoms with van der Waals surface area (Å²) in [5.41, 5.74) is 4.84. The van der Waals surface area contributed by atoms with E-state index in [9.17, 15) is 14.7 Å². The van der Waals surface area contributed by atoms with Gasteiger partial charge in [-0.05, 0) is 71.5 Å². The molecule has 40 heavy (non-hydrogen) atoms. The van der Waals surface area contributed by atoms with Gasteiger partial charge in [0.1, 0.15) is 24.7 Å². The van der Waals surface area contributed by atoms with Gasteiger partial charge in [0.05, 0.1) is 11.8 Å². The van der Waals surface area contributed by atoms with Crippen LogP contribution in [-0.2, 0) is 22.8 Å². The van der Waals surface area contributed by atoms with Crippen molar-refractivity contribution in [1.82, 2.24) is 4.90 Å². The van der Waals surface area contributed by atoms with Crippen molar-refractivity contribution in [2.45, 2.75) is 38.9 Å². The number of nitrogens with zero attached hydrogens (tertiary/aromatic N) is 1. The molecule has 1 amide bonds. The summed E-state index contributed by atoms with van der Waals surface area (Å²) >= 11 is 0. The molecule has 4 rings (SSSR count). The van der Waals surface area contributed by atoms with E-state index in [0.29, 0.717) is 35.8 Å². The summed E-state index contributed by atoms with van der Waals surface area (Å²) < 4.78 is 11.9. The van der Waals surface area contributed by atoms with E-state index in [1.165, 1.54) is 4.90 Å². The summed E-state index contributed by atoms with van der Waals surface area (Å²) in [6.07, 6.45) is 0. The van der Waals surface area contributed by atoms with Gasteiger partial charge in [0.15, 0.2) is 0 Å². The lowest BCUT2D eigenvalue weighted by Gasteiger charge is -2.29. The Hall–Kier alpha value is -4.58. The Bertz CT molecular complexity index is 1450. The number of likely N-dealkylation sites (N-methyl/N-ethyl adjacent to an activating group) is 1. The van der Waals surface area contributed by atoms with Crippen molar-refractivity contribution in [2.75, 3.05) is 14.1 Å². The van der Waals surface area contributed by atoms with E-state index < -0.39 is 17.8 Å². The zero-order valence-corrected chi connectivity index (χ0v) is 23.3. The molecule has 206 valence electrons. The summed E-state index contributed by atoms with van der Waals surface area (Å²) in [4.78, 5) is 27.8. The fraction of sp³-hybridized carbons (Fsp3) is 0.235. The van der Waals surface area contributed by atoms with Crippen molar-refractivity contribution in [3.05, 3.63) is 130 Å². The molecular weight excluding hydrogens is 502 g/mol. The Morgan fingerprint density at radius 3 is 1.48 bits per heavy atom. The summed E-state index contributed by atoms with van der Waals surface area (Å²) in [6, 6.07) is 30.5. The first kappa shape index (κ1) is 28.4. The Morgan fingerprint density at radius 1 is 0.675 bits per heavy atom. The van der Waals surface area contributed by atoms with E-state index in [-0.39, 0.29) is 5.91 Å². The van der Waals surface area contributed by atoms with Crippen LogP contribution in [0.5, 0.6) is 11.5 Å². The van der Waals surface area contributed by atoms with E-state index >= 15 is 0 Å². The fourth-order valence-electron chi connectivity index (χ4n) is 4.84. The molecule has 2 atom stereocenters. The predicted octanol–water partition coefficient (Wildman–Crippen LogP) is 6.50. The largest absolute Gasteiger partial charge is 0.489 e. The molecule has 0 spiro atoms. The molecule has 0 aliphatic rings. The number of benzene rings is 4. The van der Waals surface area contributed by atoms with Crippen LogP contribution in [0.4, 0.5) is 0 Å². The standard InChI is InChI=1S/C34H35NO5/c1-23-19-27(39-21-25-11-7-5-8-12-25)15-17-29(23)31(33(36)35(3)4)32(34(37)38)30-18-16-28(20-24(30)2)40-22-26-13-9-6-10-14-26/h5-20,31-32H,21-22H2,1-4H3,(H,37,38). The Balaban J connectivity index is 1.63. The number of carbonyl (C=O) groups excluding carboxylic acids is 1. The second-order valence-corrected chi connectivity index (χ2v) is 10.1. The molecule has 0 aromatic heterocycles. The van der Waals surface area contributed by atoms with E-state index in [1.54, 1.807) is 32.3 Å². The molecule has 0 heterocycles. The van der Waals surface area contributed by atoms with E-state index in [0.717, 1.165) is 22.3 Å². The normalized spacial score (nSPS) is 12.3. The van der Waals surface area contributed by atoms with Crippen LogP contribution in [0.3, 0.4) is 0 Å². The lowest BCUT2D eigenvalue weighted by Crippen LogP contribution is -2.35. The summed E-state index contributed by atoms with van der Waals surface area (Å²) in [5, 5.41) is 10.5. The Morgan fingerprint density at radius 2 is 1.10 bits per heavy atom. The van der Waals surface area contributed by atoms with E-state index in [2.05, 4.69) is 0 Å². The van der Waals surface area contributed by atoms with Gasteiger partial charge in [-0.25, -0.2) is 0 Å². The molecule has 0 radical (unpaired) electrons. The van der Waals surface area contributed by atoms with E-state index in [4.69, 9.17) is 9.47 Å². The van der Waals surface area contributed by atoms with Crippen LogP contribution in [0, 0.1) is 13.8 Å². The first-order chi connectivity index (χ1) is 19.2. The Kier molecular flexibility index (Phi) is 9.23. The molecule has 2 unspecified atom stereocenters. The van der Waals surface area contributed by atoms with Crippen molar-refractivity contribution < 1.29 is 24.2 Å². The van der Waals surface area contributed by atoms with Crippen LogP contribution >= 0.6 is 0 Å². The number of carboxylic acids is 1. The number of aryl methyl sites for hydroxylation is 2. The molecule has 0 aliphatic carbocycles. The average Bonchev–Trinajstić information content (AvgIpc) is 2.95. The number of amides is 1. The van der Waals surface area contributed by atoms with Gasteiger partial charge in [0.25, 0.3) is 0 Å². The number of hydrogen-bond donors (Lipinski definition) is 1. The van der Waals surface area contributed by atoms with Gasteiger partial charge in [0, 0.05) is 14.1 Å². The highest BCUT2D eigenvalue weighted by Crippen LogP contribution is 2.39. The topological polar surface area (TPSA) is 76.1 Å². The number of aliphatic carboxylic acids is 1. The molecule has 0 saturated heterocycles. The first-order valence-corrected chi connectivity index (χ1v) is 13.2. The first-order valence-electron chi connectivity index (χ1n) is 13.2. The molecular formula is C34H35NO5. The van der Waals surface area contributed by atoms with Crippen molar-refractivity contribution >= 4 is 11.9 Å². The van der Waals surface area contributed by atoms with Crippen molar-refractivity contribution in [2.24, 2.45) is 0 Å². The number of ether oxygens (including phenoxy) is 2. The maximum absolute atomic E-state index is 13.6. The maximum Gasteiger partial charge on any atom is 0.312 e. The Labute approximate surface area is 235 Å². The minimum atomic E-state index is -1.09. The highest BCUT2D eigenvalue weighted by Gasteiger charge is 2.39.